The minimum Gasteiger partial charge on any atom is -0.445 e. The summed E-state index contributed by atoms with van der Waals surface area (Å²) in [6.45, 7) is 2.61. The van der Waals surface area contributed by atoms with Crippen molar-refractivity contribution in [2.24, 2.45) is 11.8 Å². The average Bonchev–Trinajstić information content (AvgIpc) is 2.93. The first-order valence-electron chi connectivity index (χ1n) is 13.2. The van der Waals surface area contributed by atoms with E-state index in [9.17, 15) is 14.4 Å². The van der Waals surface area contributed by atoms with E-state index >= 15 is 0 Å². The largest absolute Gasteiger partial charge is 0.445 e. The highest BCUT2D eigenvalue weighted by Gasteiger charge is 2.29. The van der Waals surface area contributed by atoms with E-state index in [2.05, 4.69) is 5.32 Å². The number of hydrogen-bond donors (Lipinski definition) is 1. The molecule has 194 valence electrons. The van der Waals surface area contributed by atoms with E-state index in [0.717, 1.165) is 60.6 Å². The number of benzene rings is 2. The molecule has 1 N–H and O–H groups in total. The number of nitrogens with one attached hydrogen (secondary N) is 1. The van der Waals surface area contributed by atoms with Crippen LogP contribution in [0.25, 0.3) is 11.0 Å². The van der Waals surface area contributed by atoms with Crippen molar-refractivity contribution in [2.75, 3.05) is 6.54 Å². The Labute approximate surface area is 216 Å². The Morgan fingerprint density at radius 3 is 2.46 bits per heavy atom. The van der Waals surface area contributed by atoms with Gasteiger partial charge in [-0.25, -0.2) is 9.59 Å². The van der Waals surface area contributed by atoms with Crippen LogP contribution in [0.5, 0.6) is 5.75 Å². The lowest BCUT2D eigenvalue weighted by molar-refractivity contribution is -0.140. The number of carbonyl (C=O) groups is 2. The molecule has 2 aliphatic rings. The lowest BCUT2D eigenvalue weighted by Crippen LogP contribution is -2.33. The molecule has 7 nitrogen and oxygen atoms in total. The topological polar surface area (TPSA) is 94.8 Å². The van der Waals surface area contributed by atoms with E-state index in [0.29, 0.717) is 42.2 Å². The predicted octanol–water partition coefficient (Wildman–Crippen LogP) is 5.62. The van der Waals surface area contributed by atoms with Crippen molar-refractivity contribution in [1.29, 1.82) is 0 Å². The van der Waals surface area contributed by atoms with Crippen LogP contribution in [-0.2, 0) is 29.0 Å². The van der Waals surface area contributed by atoms with Gasteiger partial charge in [0.2, 0.25) is 0 Å². The monoisotopic (exact) mass is 503 g/mol. The molecular formula is C30H33NO6. The molecule has 0 spiro atoms. The van der Waals surface area contributed by atoms with Gasteiger partial charge in [-0.3, -0.25) is 4.79 Å². The van der Waals surface area contributed by atoms with Crippen LogP contribution in [0, 0.1) is 18.8 Å². The highest BCUT2D eigenvalue weighted by molar-refractivity contribution is 5.87. The maximum Gasteiger partial charge on any atom is 0.407 e. The molecule has 1 fully saturated rings. The van der Waals surface area contributed by atoms with Crippen LogP contribution < -0.4 is 15.7 Å². The normalized spacial score (nSPS) is 19.2. The first kappa shape index (κ1) is 25.1. The van der Waals surface area contributed by atoms with Crippen LogP contribution >= 0.6 is 0 Å². The van der Waals surface area contributed by atoms with Crippen molar-refractivity contribution in [1.82, 2.24) is 5.32 Å². The summed E-state index contributed by atoms with van der Waals surface area (Å²) < 4.78 is 16.7. The molecule has 0 radical (unpaired) electrons. The Kier molecular flexibility index (Phi) is 7.58. The van der Waals surface area contributed by atoms with Gasteiger partial charge in [-0.15, -0.1) is 0 Å². The van der Waals surface area contributed by atoms with Crippen molar-refractivity contribution in [3.05, 3.63) is 75.1 Å². The first-order valence-corrected chi connectivity index (χ1v) is 13.2. The number of amides is 1. The summed E-state index contributed by atoms with van der Waals surface area (Å²) in [4.78, 5) is 37.5. The molecule has 1 saturated carbocycles. The Bertz CT molecular complexity index is 1340. The second kappa shape index (κ2) is 11.2. The zero-order valence-corrected chi connectivity index (χ0v) is 21.2. The van der Waals surface area contributed by atoms with Gasteiger partial charge in [0.25, 0.3) is 0 Å². The third-order valence-corrected chi connectivity index (χ3v) is 7.73. The van der Waals surface area contributed by atoms with Gasteiger partial charge >= 0.3 is 17.7 Å². The van der Waals surface area contributed by atoms with Crippen LogP contribution in [0.2, 0.25) is 0 Å². The number of hydrogen-bond acceptors (Lipinski definition) is 6. The van der Waals surface area contributed by atoms with Crippen molar-refractivity contribution in [2.45, 2.75) is 64.9 Å². The molecule has 0 saturated heterocycles. The van der Waals surface area contributed by atoms with Crippen molar-refractivity contribution < 1.29 is 23.5 Å². The number of ether oxygens (including phenoxy) is 2. The first-order chi connectivity index (χ1) is 18.0. The van der Waals surface area contributed by atoms with E-state index in [1.54, 1.807) is 0 Å². The summed E-state index contributed by atoms with van der Waals surface area (Å²) in [6, 6.07) is 13.3. The lowest BCUT2D eigenvalue weighted by Gasteiger charge is -2.27. The fraction of sp³-hybridized carbons (Fsp3) is 0.433. The summed E-state index contributed by atoms with van der Waals surface area (Å²) >= 11 is 0. The smallest absolute Gasteiger partial charge is 0.407 e. The highest BCUT2D eigenvalue weighted by Crippen LogP contribution is 2.34. The van der Waals surface area contributed by atoms with Crippen LogP contribution in [-0.4, -0.2) is 18.6 Å². The number of alkyl carbamates (subject to hydrolysis) is 1. The van der Waals surface area contributed by atoms with Crippen LogP contribution in [0.1, 0.15) is 60.8 Å². The van der Waals surface area contributed by atoms with E-state index in [4.69, 9.17) is 13.9 Å². The molecule has 0 aliphatic heterocycles. The molecule has 3 aromatic rings. The zero-order valence-electron chi connectivity index (χ0n) is 21.2. The number of aryl methyl sites for hydroxylation is 2. The second-order valence-electron chi connectivity index (χ2n) is 10.2. The summed E-state index contributed by atoms with van der Waals surface area (Å²) in [5.41, 5.74) is 3.74. The molecule has 2 aromatic carbocycles. The van der Waals surface area contributed by atoms with Gasteiger partial charge in [0.05, 0.1) is 5.92 Å². The SMILES string of the molecule is Cc1c(OC(=O)C2CCC(CNC(=O)OCc3ccccc3)CC2)ccc2c3c(c(=O)oc12)CCCC3. The molecule has 1 aromatic heterocycles. The molecule has 37 heavy (non-hydrogen) atoms. The summed E-state index contributed by atoms with van der Waals surface area (Å²) in [7, 11) is 0. The molecule has 0 unspecified atom stereocenters. The second-order valence-corrected chi connectivity index (χ2v) is 10.2. The quantitative estimate of drug-likeness (QED) is 0.267. The van der Waals surface area contributed by atoms with Gasteiger partial charge in [0, 0.05) is 23.1 Å². The van der Waals surface area contributed by atoms with Gasteiger partial charge in [0.15, 0.2) is 0 Å². The third kappa shape index (κ3) is 5.71. The van der Waals surface area contributed by atoms with Gasteiger partial charge in [-0.1, -0.05) is 30.3 Å². The number of fused-ring (bicyclic) bond motifs is 3. The molecule has 0 bridgehead atoms. The maximum absolute atomic E-state index is 12.9. The Morgan fingerprint density at radius 2 is 1.70 bits per heavy atom. The van der Waals surface area contributed by atoms with Gasteiger partial charge in [-0.05, 0) is 87.5 Å². The Balaban J connectivity index is 1.13. The van der Waals surface area contributed by atoms with Crippen LogP contribution in [0.4, 0.5) is 4.79 Å². The van der Waals surface area contributed by atoms with Crippen LogP contribution in [0.15, 0.2) is 51.7 Å². The van der Waals surface area contributed by atoms with E-state index in [1.807, 2.05) is 49.4 Å². The zero-order chi connectivity index (χ0) is 25.8. The minimum atomic E-state index is -0.426. The van der Waals surface area contributed by atoms with Crippen molar-refractivity contribution >= 4 is 23.0 Å². The van der Waals surface area contributed by atoms with E-state index in [-0.39, 0.29) is 24.1 Å². The Hall–Kier alpha value is -3.61. The molecule has 2 aliphatic carbocycles. The molecule has 7 heteroatoms. The molecule has 5 rings (SSSR count). The fourth-order valence-corrected chi connectivity index (χ4v) is 5.53. The summed E-state index contributed by atoms with van der Waals surface area (Å²) in [5.74, 6) is 0.306. The molecule has 1 amide bonds. The van der Waals surface area contributed by atoms with Gasteiger partial charge in [-0.2, -0.15) is 0 Å². The van der Waals surface area contributed by atoms with E-state index in [1.165, 1.54) is 0 Å². The van der Waals surface area contributed by atoms with Crippen molar-refractivity contribution in [3.63, 3.8) is 0 Å². The van der Waals surface area contributed by atoms with Gasteiger partial charge in [0.1, 0.15) is 17.9 Å². The molecular weight excluding hydrogens is 470 g/mol. The van der Waals surface area contributed by atoms with E-state index < -0.39 is 6.09 Å². The third-order valence-electron chi connectivity index (χ3n) is 7.73. The Morgan fingerprint density at radius 1 is 0.973 bits per heavy atom. The summed E-state index contributed by atoms with van der Waals surface area (Å²) in [5, 5.41) is 3.79. The van der Waals surface area contributed by atoms with Crippen molar-refractivity contribution in [3.8, 4) is 5.75 Å². The summed E-state index contributed by atoms with van der Waals surface area (Å²) in [6.07, 6.45) is 6.36. The number of esters is 1. The number of rotatable bonds is 6. The molecule has 1 heterocycles. The highest BCUT2D eigenvalue weighted by atomic mass is 16.5. The lowest BCUT2D eigenvalue weighted by atomic mass is 9.82. The predicted molar refractivity (Wildman–Crippen MR) is 140 cm³/mol. The van der Waals surface area contributed by atoms with Gasteiger partial charge < -0.3 is 19.2 Å². The fourth-order valence-electron chi connectivity index (χ4n) is 5.53. The average molecular weight is 504 g/mol. The maximum atomic E-state index is 12.9. The van der Waals surface area contributed by atoms with Crippen LogP contribution in [0.3, 0.4) is 0 Å². The standard InChI is InChI=1S/C30H33NO6/c1-19-26(16-15-24-23-9-5-6-10-25(23)29(33)37-27(19)24)36-28(32)22-13-11-20(12-14-22)17-31-30(34)35-18-21-7-3-2-4-8-21/h2-4,7-8,15-16,20,22H,5-6,9-14,17-18H2,1H3,(H,31,34). The minimum absolute atomic E-state index is 0.188. The molecule has 0 atom stereocenters. The number of carbonyl (C=O) groups excluding carboxylic acids is 2.